The van der Waals surface area contributed by atoms with Crippen LogP contribution in [-0.4, -0.2) is 54.0 Å². The van der Waals surface area contributed by atoms with Gasteiger partial charge < -0.3 is 25.0 Å². The molecule has 212 valence electrons. The number of hydrogen-bond donors (Lipinski definition) is 2. The number of carbonyl (C=O) groups excluding carboxylic acids is 3. The molecule has 0 spiro atoms. The predicted molar refractivity (Wildman–Crippen MR) is 139 cm³/mol. The van der Waals surface area contributed by atoms with E-state index in [2.05, 4.69) is 40.1 Å². The number of fused-ring (bicyclic) bond motifs is 1. The number of nitrogens with one attached hydrogen (secondary N) is 2. The van der Waals surface area contributed by atoms with E-state index in [0.717, 1.165) is 29.7 Å². The van der Waals surface area contributed by atoms with Crippen LogP contribution in [0.5, 0.6) is 5.75 Å². The van der Waals surface area contributed by atoms with Gasteiger partial charge in [-0.25, -0.2) is 14.0 Å². The van der Waals surface area contributed by atoms with E-state index in [-0.39, 0.29) is 24.9 Å². The maximum atomic E-state index is 14.5. The number of alkyl halides is 2. The number of amides is 3. The van der Waals surface area contributed by atoms with Gasteiger partial charge in [-0.15, -0.1) is 4.68 Å². The largest absolute Gasteiger partial charge is 0.448 e. The summed E-state index contributed by atoms with van der Waals surface area (Å²) in [5.41, 5.74) is -0.933. The maximum absolute atomic E-state index is 14.5. The van der Waals surface area contributed by atoms with E-state index in [0.29, 0.717) is 11.3 Å². The second-order valence-corrected chi connectivity index (χ2v) is 16.6. The van der Waals surface area contributed by atoms with Gasteiger partial charge in [-0.3, -0.25) is 4.79 Å². The smallest absolute Gasteiger partial charge is 0.436 e. The van der Waals surface area contributed by atoms with E-state index in [1.165, 1.54) is 11.0 Å². The molecular formula is C25H32F3N5O5Si. The minimum atomic E-state index is -3.23. The summed E-state index contributed by atoms with van der Waals surface area (Å²) in [6, 6.07) is 2.47. The van der Waals surface area contributed by atoms with E-state index in [1.807, 2.05) is 0 Å². The minimum Gasteiger partial charge on any atom is -0.448 e. The molecule has 1 aliphatic heterocycles. The first-order chi connectivity index (χ1) is 18.1. The number of aromatic nitrogens is 2. The highest BCUT2D eigenvalue weighted by Crippen LogP contribution is 2.61. The Balaban J connectivity index is 1.68. The van der Waals surface area contributed by atoms with Gasteiger partial charge in [-0.05, 0) is 45.7 Å². The van der Waals surface area contributed by atoms with Crippen molar-refractivity contribution in [3.8, 4) is 5.75 Å². The summed E-state index contributed by atoms with van der Waals surface area (Å²) in [6.45, 7) is 8.04. The average molecular weight is 568 g/mol. The Morgan fingerprint density at radius 2 is 1.82 bits per heavy atom. The van der Waals surface area contributed by atoms with Crippen LogP contribution in [0.2, 0.25) is 24.7 Å². The molecule has 2 aliphatic rings. The Bertz CT molecular complexity index is 1320. The quantitative estimate of drug-likeness (QED) is 0.414. The van der Waals surface area contributed by atoms with Crippen molar-refractivity contribution in [1.82, 2.24) is 14.7 Å². The number of ether oxygens (including phenoxy) is 2. The zero-order valence-corrected chi connectivity index (χ0v) is 23.7. The number of nitrogens with zero attached hydrogens (tertiary/aromatic N) is 3. The van der Waals surface area contributed by atoms with Crippen LogP contribution < -0.4 is 15.4 Å². The summed E-state index contributed by atoms with van der Waals surface area (Å²) in [7, 11) is -1.91. The number of benzene rings is 1. The number of halogens is 3. The van der Waals surface area contributed by atoms with Crippen LogP contribution >= 0.6 is 0 Å². The number of rotatable bonds is 7. The third-order valence-corrected chi connectivity index (χ3v) is 11.1. The standard InChI is InChI=1S/C25H32F3N5O5Si/c1-7-37-23(36)33-19(30-20(34)25(11-12-25)39(4,5)6)14-13-32(24(2,3)18(14)31-33)22(35)29-17-15(26)9-8-10-16(17)38-21(27)28/h8-10,21H,7,11-13H2,1-6H3,(H,29,35)(H,30,34). The van der Waals surface area contributed by atoms with Crippen molar-refractivity contribution < 1.29 is 37.0 Å². The van der Waals surface area contributed by atoms with Gasteiger partial charge >= 0.3 is 18.7 Å². The lowest BCUT2D eigenvalue weighted by Crippen LogP contribution is -2.44. The molecule has 39 heavy (non-hydrogen) atoms. The second kappa shape index (κ2) is 9.88. The van der Waals surface area contributed by atoms with Crippen molar-refractivity contribution in [2.24, 2.45) is 0 Å². The first kappa shape index (κ1) is 28.5. The highest BCUT2D eigenvalue weighted by molar-refractivity contribution is 6.83. The molecule has 0 bridgehead atoms. The summed E-state index contributed by atoms with van der Waals surface area (Å²) in [5.74, 6) is -1.60. The molecule has 1 aromatic carbocycles. The molecule has 0 unspecified atom stereocenters. The Morgan fingerprint density at radius 3 is 2.38 bits per heavy atom. The van der Waals surface area contributed by atoms with Gasteiger partial charge in [-0.2, -0.15) is 13.9 Å². The zero-order chi connectivity index (χ0) is 28.9. The predicted octanol–water partition coefficient (Wildman–Crippen LogP) is 5.72. The Kier molecular flexibility index (Phi) is 7.21. The molecule has 2 heterocycles. The number of urea groups is 1. The first-order valence-corrected chi connectivity index (χ1v) is 16.1. The molecule has 10 nitrogen and oxygen atoms in total. The highest BCUT2D eigenvalue weighted by atomic mass is 28.3. The summed E-state index contributed by atoms with van der Waals surface area (Å²) in [4.78, 5) is 40.9. The molecule has 3 amide bonds. The Hall–Kier alpha value is -3.55. The van der Waals surface area contributed by atoms with Crippen LogP contribution in [0.3, 0.4) is 0 Å². The van der Waals surface area contributed by atoms with E-state index in [1.54, 1.807) is 20.8 Å². The molecule has 1 aromatic heterocycles. The summed E-state index contributed by atoms with van der Waals surface area (Å²) < 4.78 is 50.7. The fraction of sp³-hybridized carbons (Fsp3) is 0.520. The maximum Gasteiger partial charge on any atom is 0.436 e. The van der Waals surface area contributed by atoms with Gasteiger partial charge in [0.05, 0.1) is 32.5 Å². The van der Waals surface area contributed by atoms with E-state index in [4.69, 9.17) is 4.74 Å². The topological polar surface area (TPSA) is 115 Å². The molecule has 4 rings (SSSR count). The first-order valence-electron chi connectivity index (χ1n) is 12.6. The second-order valence-electron chi connectivity index (χ2n) is 11.1. The molecule has 14 heteroatoms. The molecule has 0 atom stereocenters. The van der Waals surface area contributed by atoms with E-state index in [9.17, 15) is 27.6 Å². The number of carbonyl (C=O) groups is 3. The molecule has 0 saturated heterocycles. The van der Waals surface area contributed by atoms with Crippen LogP contribution in [0, 0.1) is 5.82 Å². The van der Waals surface area contributed by atoms with Gasteiger partial charge in [0.1, 0.15) is 11.5 Å². The lowest BCUT2D eigenvalue weighted by molar-refractivity contribution is -0.117. The third-order valence-electron chi connectivity index (χ3n) is 7.52. The van der Waals surface area contributed by atoms with Crippen LogP contribution in [0.1, 0.15) is 44.9 Å². The number of anilines is 2. The van der Waals surface area contributed by atoms with Crippen LogP contribution in [0.4, 0.5) is 34.3 Å². The molecular weight excluding hydrogens is 535 g/mol. The van der Waals surface area contributed by atoms with Crippen molar-refractivity contribution in [2.75, 3.05) is 17.2 Å². The molecule has 2 aromatic rings. The minimum absolute atomic E-state index is 0.0825. The fourth-order valence-corrected chi connectivity index (χ4v) is 7.38. The van der Waals surface area contributed by atoms with Crippen molar-refractivity contribution in [2.45, 2.75) is 77.0 Å². The number of para-hydroxylation sites is 1. The van der Waals surface area contributed by atoms with Gasteiger partial charge in [0.15, 0.2) is 11.6 Å². The van der Waals surface area contributed by atoms with Gasteiger partial charge in [0, 0.05) is 10.6 Å². The normalized spacial score (nSPS) is 17.0. The Morgan fingerprint density at radius 1 is 1.15 bits per heavy atom. The molecule has 2 N–H and O–H groups in total. The van der Waals surface area contributed by atoms with Crippen LogP contribution in [0.25, 0.3) is 0 Å². The summed E-state index contributed by atoms with van der Waals surface area (Å²) >= 11 is 0. The fourth-order valence-electron chi connectivity index (χ4n) is 5.01. The van der Waals surface area contributed by atoms with Crippen molar-refractivity contribution in [3.63, 3.8) is 0 Å². The Labute approximate surface area is 224 Å². The average Bonchev–Trinajstić information content (AvgIpc) is 3.51. The lowest BCUT2D eigenvalue weighted by Gasteiger charge is -2.32. The summed E-state index contributed by atoms with van der Waals surface area (Å²) in [6.07, 6.45) is 0.707. The third kappa shape index (κ3) is 4.97. The molecule has 0 radical (unpaired) electrons. The van der Waals surface area contributed by atoms with Gasteiger partial charge in [0.2, 0.25) is 5.91 Å². The van der Waals surface area contributed by atoms with E-state index < -0.39 is 54.6 Å². The van der Waals surface area contributed by atoms with Crippen molar-refractivity contribution >= 4 is 37.6 Å². The monoisotopic (exact) mass is 567 g/mol. The van der Waals surface area contributed by atoms with Gasteiger partial charge in [0.25, 0.3) is 0 Å². The van der Waals surface area contributed by atoms with Crippen molar-refractivity contribution in [1.29, 1.82) is 0 Å². The van der Waals surface area contributed by atoms with Crippen molar-refractivity contribution in [3.05, 3.63) is 35.3 Å². The summed E-state index contributed by atoms with van der Waals surface area (Å²) in [5, 5.41) is 9.15. The zero-order valence-electron chi connectivity index (χ0n) is 22.7. The van der Waals surface area contributed by atoms with Gasteiger partial charge in [-0.1, -0.05) is 25.7 Å². The molecule has 1 aliphatic carbocycles. The lowest BCUT2D eigenvalue weighted by atomic mass is 10.0. The van der Waals surface area contributed by atoms with Crippen LogP contribution in [-0.2, 0) is 21.6 Å². The van der Waals surface area contributed by atoms with E-state index >= 15 is 0 Å². The molecule has 1 saturated carbocycles. The molecule has 1 fully saturated rings. The highest BCUT2D eigenvalue weighted by Gasteiger charge is 2.59. The van der Waals surface area contributed by atoms with Crippen LogP contribution in [0.15, 0.2) is 18.2 Å². The number of hydrogen-bond acceptors (Lipinski definition) is 6. The SMILES string of the molecule is CCOC(=O)n1nc2c(c1NC(=O)C1([Si](C)(C)C)CC1)CN(C(=O)Nc1c(F)cccc1OC(F)F)C2(C)C.